The molecule has 0 spiro atoms. The number of Topliss-reactive ketones (excluding diaryl/α,β-unsaturated/α-hetero) is 1. The number of ketones is 1. The Bertz CT molecular complexity index is 597. The van der Waals surface area contributed by atoms with Crippen molar-refractivity contribution in [1.29, 1.82) is 0 Å². The van der Waals surface area contributed by atoms with Crippen LogP contribution in [0.15, 0.2) is 54.6 Å². The van der Waals surface area contributed by atoms with Gasteiger partial charge in [-0.3, -0.25) is 4.79 Å². The van der Waals surface area contributed by atoms with E-state index in [0.717, 1.165) is 25.7 Å². The van der Waals surface area contributed by atoms with E-state index in [0.29, 0.717) is 11.7 Å². The summed E-state index contributed by atoms with van der Waals surface area (Å²) in [7, 11) is 0. The topological polar surface area (TPSA) is 17.1 Å². The van der Waals surface area contributed by atoms with Crippen molar-refractivity contribution < 1.29 is 4.79 Å². The van der Waals surface area contributed by atoms with E-state index in [4.69, 9.17) is 0 Å². The van der Waals surface area contributed by atoms with Gasteiger partial charge in [0.25, 0.3) is 0 Å². The maximum atomic E-state index is 12.5. The summed E-state index contributed by atoms with van der Waals surface area (Å²) in [6.07, 6.45) is 3.94. The third-order valence-electron chi connectivity index (χ3n) is 4.59. The summed E-state index contributed by atoms with van der Waals surface area (Å²) in [5.41, 5.74) is 3.79. The fraction of sp³-hybridized carbons (Fsp3) is 0.350. The van der Waals surface area contributed by atoms with Crippen molar-refractivity contribution in [2.24, 2.45) is 5.92 Å². The lowest BCUT2D eigenvalue weighted by molar-refractivity contribution is -0.123. The number of hydrogen-bond acceptors (Lipinski definition) is 1. The minimum atomic E-state index is 0.0829. The number of benzene rings is 2. The zero-order valence-electron chi connectivity index (χ0n) is 12.6. The Balaban J connectivity index is 1.86. The van der Waals surface area contributed by atoms with E-state index in [-0.39, 0.29) is 5.92 Å². The van der Waals surface area contributed by atoms with E-state index >= 15 is 0 Å². The first-order valence-corrected chi connectivity index (χ1v) is 7.87. The first-order valence-electron chi connectivity index (χ1n) is 7.87. The van der Waals surface area contributed by atoms with Gasteiger partial charge in [-0.2, -0.15) is 0 Å². The van der Waals surface area contributed by atoms with E-state index in [1.807, 2.05) is 6.07 Å². The SMILES string of the molecule is Cc1ccc(C2C(=O)CCCC2Cc2ccccc2)cc1. The Morgan fingerprint density at radius 3 is 2.43 bits per heavy atom. The standard InChI is InChI=1S/C20H22O/c1-15-10-12-17(13-11-15)20-18(8-5-9-19(20)21)14-16-6-3-2-4-7-16/h2-4,6-7,10-13,18,20H,5,8-9,14H2,1H3. The van der Waals surface area contributed by atoms with Crippen molar-refractivity contribution in [3.8, 4) is 0 Å². The number of hydrogen-bond donors (Lipinski definition) is 0. The lowest BCUT2D eigenvalue weighted by Crippen LogP contribution is -2.28. The number of carbonyl (C=O) groups is 1. The van der Waals surface area contributed by atoms with Crippen LogP contribution in [0.25, 0.3) is 0 Å². The highest BCUT2D eigenvalue weighted by molar-refractivity contribution is 5.86. The number of aryl methyl sites for hydroxylation is 1. The van der Waals surface area contributed by atoms with Gasteiger partial charge in [0.15, 0.2) is 0 Å². The molecule has 0 amide bonds. The maximum Gasteiger partial charge on any atom is 0.140 e. The molecule has 0 saturated heterocycles. The van der Waals surface area contributed by atoms with Crippen molar-refractivity contribution in [3.05, 3.63) is 71.3 Å². The highest BCUT2D eigenvalue weighted by Crippen LogP contribution is 2.37. The molecular formula is C20H22O. The molecule has 1 heteroatoms. The molecule has 1 aliphatic carbocycles. The van der Waals surface area contributed by atoms with Crippen molar-refractivity contribution in [2.75, 3.05) is 0 Å². The van der Waals surface area contributed by atoms with Crippen LogP contribution in [-0.2, 0) is 11.2 Å². The molecular weight excluding hydrogens is 256 g/mol. The van der Waals surface area contributed by atoms with Gasteiger partial charge in [-0.05, 0) is 43.2 Å². The lowest BCUT2D eigenvalue weighted by Gasteiger charge is -2.31. The average Bonchev–Trinajstić information content (AvgIpc) is 2.50. The van der Waals surface area contributed by atoms with E-state index in [1.54, 1.807) is 0 Å². The van der Waals surface area contributed by atoms with Crippen LogP contribution in [0.3, 0.4) is 0 Å². The van der Waals surface area contributed by atoms with Crippen LogP contribution in [0.1, 0.15) is 41.9 Å². The molecule has 0 heterocycles. The van der Waals surface area contributed by atoms with Crippen molar-refractivity contribution in [2.45, 2.75) is 38.5 Å². The molecule has 0 aromatic heterocycles. The summed E-state index contributed by atoms with van der Waals surface area (Å²) in [5, 5.41) is 0. The zero-order valence-corrected chi connectivity index (χ0v) is 12.6. The molecule has 1 nitrogen and oxygen atoms in total. The second-order valence-electron chi connectivity index (χ2n) is 6.20. The molecule has 0 bridgehead atoms. The predicted octanol–water partition coefficient (Wildman–Crippen LogP) is 4.69. The van der Waals surface area contributed by atoms with Gasteiger partial charge in [0.05, 0.1) is 0 Å². The average molecular weight is 278 g/mol. The molecule has 108 valence electrons. The molecule has 3 rings (SSSR count). The summed E-state index contributed by atoms with van der Waals surface area (Å²) < 4.78 is 0. The van der Waals surface area contributed by atoms with Crippen LogP contribution in [-0.4, -0.2) is 5.78 Å². The molecule has 2 aromatic rings. The van der Waals surface area contributed by atoms with Crippen molar-refractivity contribution in [1.82, 2.24) is 0 Å². The van der Waals surface area contributed by atoms with Crippen LogP contribution < -0.4 is 0 Å². The van der Waals surface area contributed by atoms with Crippen molar-refractivity contribution >= 4 is 5.78 Å². The lowest BCUT2D eigenvalue weighted by atomic mass is 9.72. The van der Waals surface area contributed by atoms with Crippen LogP contribution in [0.2, 0.25) is 0 Å². The minimum Gasteiger partial charge on any atom is -0.299 e. The van der Waals surface area contributed by atoms with E-state index < -0.39 is 0 Å². The molecule has 1 saturated carbocycles. The molecule has 0 aliphatic heterocycles. The number of rotatable bonds is 3. The van der Waals surface area contributed by atoms with Crippen molar-refractivity contribution in [3.63, 3.8) is 0 Å². The van der Waals surface area contributed by atoms with Crippen LogP contribution in [0.4, 0.5) is 0 Å². The van der Waals surface area contributed by atoms with Gasteiger partial charge in [0, 0.05) is 12.3 Å². The summed E-state index contributed by atoms with van der Waals surface area (Å²) in [6.45, 7) is 2.09. The summed E-state index contributed by atoms with van der Waals surface area (Å²) in [6, 6.07) is 19.1. The monoisotopic (exact) mass is 278 g/mol. The molecule has 0 N–H and O–H groups in total. The second kappa shape index (κ2) is 6.26. The molecule has 1 fully saturated rings. The molecule has 2 unspecified atom stereocenters. The summed E-state index contributed by atoms with van der Waals surface area (Å²) in [4.78, 5) is 12.5. The minimum absolute atomic E-state index is 0.0829. The Morgan fingerprint density at radius 1 is 1.00 bits per heavy atom. The maximum absolute atomic E-state index is 12.5. The van der Waals surface area contributed by atoms with Gasteiger partial charge in [-0.1, -0.05) is 60.2 Å². The molecule has 2 aromatic carbocycles. The molecule has 0 radical (unpaired) electrons. The molecule has 1 aliphatic rings. The summed E-state index contributed by atoms with van der Waals surface area (Å²) >= 11 is 0. The van der Waals surface area contributed by atoms with Gasteiger partial charge in [-0.25, -0.2) is 0 Å². The Morgan fingerprint density at radius 2 is 1.71 bits per heavy atom. The van der Waals surface area contributed by atoms with Crippen LogP contribution in [0.5, 0.6) is 0 Å². The third-order valence-corrected chi connectivity index (χ3v) is 4.59. The second-order valence-corrected chi connectivity index (χ2v) is 6.20. The van der Waals surface area contributed by atoms with Gasteiger partial charge < -0.3 is 0 Å². The Hall–Kier alpha value is -1.89. The van der Waals surface area contributed by atoms with Crippen LogP contribution >= 0.6 is 0 Å². The summed E-state index contributed by atoms with van der Waals surface area (Å²) in [5.74, 6) is 0.946. The first-order chi connectivity index (χ1) is 10.2. The van der Waals surface area contributed by atoms with E-state index in [9.17, 15) is 4.79 Å². The van der Waals surface area contributed by atoms with Gasteiger partial charge in [0.2, 0.25) is 0 Å². The zero-order chi connectivity index (χ0) is 14.7. The highest BCUT2D eigenvalue weighted by atomic mass is 16.1. The van der Waals surface area contributed by atoms with Crippen LogP contribution in [0, 0.1) is 12.8 Å². The quantitative estimate of drug-likeness (QED) is 0.796. The van der Waals surface area contributed by atoms with Gasteiger partial charge in [-0.15, -0.1) is 0 Å². The molecule has 2 atom stereocenters. The third kappa shape index (κ3) is 3.24. The smallest absolute Gasteiger partial charge is 0.140 e. The molecule has 21 heavy (non-hydrogen) atoms. The van der Waals surface area contributed by atoms with Gasteiger partial charge >= 0.3 is 0 Å². The van der Waals surface area contributed by atoms with Gasteiger partial charge in [0.1, 0.15) is 5.78 Å². The predicted molar refractivity (Wildman–Crippen MR) is 86.4 cm³/mol. The first kappa shape index (κ1) is 14.1. The normalized spacial score (nSPS) is 22.2. The Labute approximate surface area is 127 Å². The fourth-order valence-corrected chi connectivity index (χ4v) is 3.49. The van der Waals surface area contributed by atoms with E-state index in [2.05, 4.69) is 55.5 Å². The Kier molecular flexibility index (Phi) is 4.19. The highest BCUT2D eigenvalue weighted by Gasteiger charge is 2.32. The number of carbonyl (C=O) groups excluding carboxylic acids is 1. The fourth-order valence-electron chi connectivity index (χ4n) is 3.49. The largest absolute Gasteiger partial charge is 0.299 e. The van der Waals surface area contributed by atoms with E-state index in [1.165, 1.54) is 16.7 Å².